The van der Waals surface area contributed by atoms with E-state index in [9.17, 15) is 0 Å². The van der Waals surface area contributed by atoms with Crippen LogP contribution < -0.4 is 5.73 Å². The molecule has 2 rings (SSSR count). The van der Waals surface area contributed by atoms with E-state index in [0.29, 0.717) is 5.02 Å². The molecule has 1 aromatic heterocycles. The summed E-state index contributed by atoms with van der Waals surface area (Å²) in [5.41, 5.74) is 9.12. The fourth-order valence-electron chi connectivity index (χ4n) is 1.60. The summed E-state index contributed by atoms with van der Waals surface area (Å²) in [7, 11) is 0. The molecule has 88 valence electrons. The van der Waals surface area contributed by atoms with Crippen molar-refractivity contribution in [3.05, 3.63) is 62.8 Å². The molecule has 0 spiro atoms. The van der Waals surface area contributed by atoms with E-state index in [-0.39, 0.29) is 6.04 Å². The summed E-state index contributed by atoms with van der Waals surface area (Å²) in [5, 5.41) is 0.679. The molecular formula is C13H12BrClN2. The van der Waals surface area contributed by atoms with Crippen LogP contribution in [0, 0.1) is 6.92 Å². The maximum absolute atomic E-state index is 6.21. The van der Waals surface area contributed by atoms with E-state index in [2.05, 4.69) is 20.9 Å². The van der Waals surface area contributed by atoms with Crippen LogP contribution in [-0.4, -0.2) is 4.98 Å². The molecule has 0 saturated heterocycles. The van der Waals surface area contributed by atoms with Gasteiger partial charge < -0.3 is 5.73 Å². The van der Waals surface area contributed by atoms with E-state index in [1.54, 1.807) is 6.20 Å². The van der Waals surface area contributed by atoms with Crippen molar-refractivity contribution in [1.82, 2.24) is 4.98 Å². The van der Waals surface area contributed by atoms with Crippen LogP contribution in [0.15, 0.2) is 41.0 Å². The van der Waals surface area contributed by atoms with E-state index in [0.717, 1.165) is 21.3 Å². The van der Waals surface area contributed by atoms with Crippen molar-refractivity contribution in [2.45, 2.75) is 13.0 Å². The first-order valence-corrected chi connectivity index (χ1v) is 6.38. The second-order valence-corrected chi connectivity index (χ2v) is 5.17. The standard InChI is InChI=1S/C13H12BrClN2/c1-8-2-3-9(7-17-8)13(16)11-6-10(15)4-5-12(11)14/h2-7,13H,16H2,1H3. The summed E-state index contributed by atoms with van der Waals surface area (Å²) >= 11 is 9.47. The van der Waals surface area contributed by atoms with Gasteiger partial charge in [0, 0.05) is 21.4 Å². The van der Waals surface area contributed by atoms with E-state index < -0.39 is 0 Å². The summed E-state index contributed by atoms with van der Waals surface area (Å²) in [5.74, 6) is 0. The zero-order valence-corrected chi connectivity index (χ0v) is 11.7. The van der Waals surface area contributed by atoms with Crippen molar-refractivity contribution in [3.63, 3.8) is 0 Å². The number of hydrogen-bond acceptors (Lipinski definition) is 2. The largest absolute Gasteiger partial charge is 0.320 e. The van der Waals surface area contributed by atoms with Crippen molar-refractivity contribution >= 4 is 27.5 Å². The van der Waals surface area contributed by atoms with E-state index >= 15 is 0 Å². The smallest absolute Gasteiger partial charge is 0.0578 e. The van der Waals surface area contributed by atoms with Gasteiger partial charge in [0.05, 0.1) is 6.04 Å². The van der Waals surface area contributed by atoms with Crippen molar-refractivity contribution in [1.29, 1.82) is 0 Å². The third kappa shape index (κ3) is 2.86. The van der Waals surface area contributed by atoms with Crippen LogP contribution in [0.4, 0.5) is 0 Å². The van der Waals surface area contributed by atoms with Gasteiger partial charge in [-0.1, -0.05) is 33.6 Å². The molecule has 0 aliphatic heterocycles. The van der Waals surface area contributed by atoms with E-state index in [4.69, 9.17) is 17.3 Å². The first-order valence-electron chi connectivity index (χ1n) is 5.21. The van der Waals surface area contributed by atoms with Crippen molar-refractivity contribution < 1.29 is 0 Å². The molecule has 17 heavy (non-hydrogen) atoms. The molecular weight excluding hydrogens is 300 g/mol. The molecule has 1 aromatic carbocycles. The van der Waals surface area contributed by atoms with E-state index in [1.165, 1.54) is 0 Å². The Hall–Kier alpha value is -0.900. The second-order valence-electron chi connectivity index (χ2n) is 3.88. The minimum absolute atomic E-state index is 0.226. The summed E-state index contributed by atoms with van der Waals surface area (Å²) < 4.78 is 0.954. The molecule has 0 saturated carbocycles. The van der Waals surface area contributed by atoms with Crippen molar-refractivity contribution in [2.75, 3.05) is 0 Å². The Labute approximate surface area is 114 Å². The minimum atomic E-state index is -0.226. The molecule has 0 aliphatic rings. The Morgan fingerprint density at radius 2 is 2.06 bits per heavy atom. The highest BCUT2D eigenvalue weighted by Gasteiger charge is 2.12. The molecule has 0 aliphatic carbocycles. The Morgan fingerprint density at radius 3 is 2.71 bits per heavy atom. The van der Waals surface area contributed by atoms with Crippen LogP contribution in [0.5, 0.6) is 0 Å². The average Bonchev–Trinajstić information content (AvgIpc) is 2.32. The lowest BCUT2D eigenvalue weighted by Gasteiger charge is -2.14. The molecule has 2 nitrogen and oxygen atoms in total. The van der Waals surface area contributed by atoms with Gasteiger partial charge in [-0.05, 0) is 42.3 Å². The Kier molecular flexibility index (Phi) is 3.82. The van der Waals surface area contributed by atoms with Gasteiger partial charge in [-0.25, -0.2) is 0 Å². The van der Waals surface area contributed by atoms with Gasteiger partial charge in [-0.2, -0.15) is 0 Å². The lowest BCUT2D eigenvalue weighted by molar-refractivity contribution is 0.855. The number of aromatic nitrogens is 1. The topological polar surface area (TPSA) is 38.9 Å². The molecule has 2 aromatic rings. The highest BCUT2D eigenvalue weighted by atomic mass is 79.9. The molecule has 4 heteroatoms. The molecule has 0 bridgehead atoms. The molecule has 1 unspecified atom stereocenters. The number of halogens is 2. The van der Waals surface area contributed by atoms with Gasteiger partial charge in [-0.15, -0.1) is 0 Å². The van der Waals surface area contributed by atoms with Crippen molar-refractivity contribution in [3.8, 4) is 0 Å². The Balaban J connectivity index is 2.39. The average molecular weight is 312 g/mol. The molecule has 1 heterocycles. The Bertz CT molecular complexity index is 525. The monoisotopic (exact) mass is 310 g/mol. The van der Waals surface area contributed by atoms with Crippen molar-refractivity contribution in [2.24, 2.45) is 5.73 Å². The predicted octanol–water partition coefficient (Wildman–Crippen LogP) is 3.85. The van der Waals surface area contributed by atoms with Gasteiger partial charge >= 0.3 is 0 Å². The van der Waals surface area contributed by atoms with E-state index in [1.807, 2.05) is 37.3 Å². The molecule has 0 radical (unpaired) electrons. The SMILES string of the molecule is Cc1ccc(C(N)c2cc(Cl)ccc2Br)cn1. The van der Waals surface area contributed by atoms with Crippen LogP contribution in [0.1, 0.15) is 22.9 Å². The number of aryl methyl sites for hydroxylation is 1. The fourth-order valence-corrected chi connectivity index (χ4v) is 2.27. The zero-order valence-electron chi connectivity index (χ0n) is 9.32. The third-order valence-electron chi connectivity index (χ3n) is 2.59. The van der Waals surface area contributed by atoms with Gasteiger partial charge in [0.1, 0.15) is 0 Å². The normalized spacial score (nSPS) is 12.5. The fraction of sp³-hybridized carbons (Fsp3) is 0.154. The highest BCUT2D eigenvalue weighted by Crippen LogP contribution is 2.29. The molecule has 0 fully saturated rings. The minimum Gasteiger partial charge on any atom is -0.320 e. The van der Waals surface area contributed by atoms with Crippen LogP contribution in [-0.2, 0) is 0 Å². The third-order valence-corrected chi connectivity index (χ3v) is 3.54. The Morgan fingerprint density at radius 1 is 1.29 bits per heavy atom. The van der Waals surface area contributed by atoms with Gasteiger partial charge in [-0.3, -0.25) is 4.98 Å². The van der Waals surface area contributed by atoms with Gasteiger partial charge in [0.25, 0.3) is 0 Å². The summed E-state index contributed by atoms with van der Waals surface area (Å²) in [4.78, 5) is 4.25. The number of benzene rings is 1. The van der Waals surface area contributed by atoms with Crippen LogP contribution in [0.25, 0.3) is 0 Å². The predicted molar refractivity (Wildman–Crippen MR) is 74.2 cm³/mol. The highest BCUT2D eigenvalue weighted by molar-refractivity contribution is 9.10. The van der Waals surface area contributed by atoms with Crippen LogP contribution in [0.3, 0.4) is 0 Å². The zero-order chi connectivity index (χ0) is 12.4. The maximum Gasteiger partial charge on any atom is 0.0578 e. The van der Waals surface area contributed by atoms with Gasteiger partial charge in [0.2, 0.25) is 0 Å². The lowest BCUT2D eigenvalue weighted by Crippen LogP contribution is -2.12. The maximum atomic E-state index is 6.21. The summed E-state index contributed by atoms with van der Waals surface area (Å²) in [6.45, 7) is 1.95. The van der Waals surface area contributed by atoms with Crippen LogP contribution in [0.2, 0.25) is 5.02 Å². The molecule has 1 atom stereocenters. The lowest BCUT2D eigenvalue weighted by atomic mass is 10.0. The van der Waals surface area contributed by atoms with Crippen LogP contribution >= 0.6 is 27.5 Å². The second kappa shape index (κ2) is 5.17. The summed E-state index contributed by atoms with van der Waals surface area (Å²) in [6, 6.07) is 9.31. The number of pyridine rings is 1. The first-order chi connectivity index (χ1) is 8.08. The number of nitrogens with zero attached hydrogens (tertiary/aromatic N) is 1. The molecule has 2 N–H and O–H groups in total. The van der Waals surface area contributed by atoms with Gasteiger partial charge in [0.15, 0.2) is 0 Å². The number of hydrogen-bond donors (Lipinski definition) is 1. The quantitative estimate of drug-likeness (QED) is 0.915. The number of nitrogens with two attached hydrogens (primary N) is 1. The molecule has 0 amide bonds. The summed E-state index contributed by atoms with van der Waals surface area (Å²) in [6.07, 6.45) is 1.80. The first kappa shape index (κ1) is 12.6. The number of rotatable bonds is 2.